The average molecular weight is 925 g/mol. The summed E-state index contributed by atoms with van der Waals surface area (Å²) in [4.78, 5) is 47.0. The van der Waals surface area contributed by atoms with E-state index >= 15 is 4.39 Å². The molecule has 0 radical (unpaired) electrons. The van der Waals surface area contributed by atoms with E-state index < -0.39 is 36.2 Å². The number of anilines is 2. The number of halogens is 3. The number of nitrogens with zero attached hydrogens (tertiary/aromatic N) is 9. The number of aryl methyl sites for hydroxylation is 1. The van der Waals surface area contributed by atoms with Gasteiger partial charge in [0.1, 0.15) is 24.2 Å². The lowest BCUT2D eigenvalue weighted by Crippen LogP contribution is -2.53. The third-order valence-electron chi connectivity index (χ3n) is 14.1. The molecule has 67 heavy (non-hydrogen) atoms. The molecule has 3 amide bonds. The number of fused-ring (bicyclic) bond motifs is 2. The van der Waals surface area contributed by atoms with Gasteiger partial charge in [0.2, 0.25) is 11.8 Å². The highest BCUT2D eigenvalue weighted by Crippen LogP contribution is 2.36. The van der Waals surface area contributed by atoms with E-state index in [1.54, 1.807) is 22.6 Å². The number of piperidine rings is 3. The number of amides is 3. The number of imide groups is 1. The van der Waals surface area contributed by atoms with Gasteiger partial charge >= 0.3 is 0 Å². The van der Waals surface area contributed by atoms with Crippen LogP contribution in [0.1, 0.15) is 103 Å². The van der Waals surface area contributed by atoms with E-state index in [0.29, 0.717) is 67.1 Å². The summed E-state index contributed by atoms with van der Waals surface area (Å²) in [5.41, 5.74) is 2.10. The first-order valence-corrected chi connectivity index (χ1v) is 23.4. The molecule has 10 rings (SSSR count). The summed E-state index contributed by atoms with van der Waals surface area (Å²) in [6.45, 7) is 4.86. The first kappa shape index (κ1) is 44.9. The Bertz CT molecular complexity index is 2690. The Labute approximate surface area is 385 Å². The molecule has 5 aliphatic rings. The number of benzene rings is 1. The summed E-state index contributed by atoms with van der Waals surface area (Å²) in [7, 11) is 1.80. The van der Waals surface area contributed by atoms with Crippen molar-refractivity contribution in [3.05, 3.63) is 65.4 Å². The van der Waals surface area contributed by atoms with Gasteiger partial charge < -0.3 is 25.0 Å². The largest absolute Gasteiger partial charge is 0.378 e. The number of rotatable bonds is 12. The van der Waals surface area contributed by atoms with Crippen molar-refractivity contribution in [3.8, 4) is 11.8 Å². The van der Waals surface area contributed by atoms with Crippen molar-refractivity contribution < 1.29 is 37.0 Å². The van der Waals surface area contributed by atoms with Crippen LogP contribution in [0.2, 0.25) is 0 Å². The van der Waals surface area contributed by atoms with Gasteiger partial charge in [0.15, 0.2) is 11.3 Å². The quantitative estimate of drug-likeness (QED) is 0.116. The monoisotopic (exact) mass is 924 g/mol. The van der Waals surface area contributed by atoms with Gasteiger partial charge in [-0.25, -0.2) is 22.7 Å². The van der Waals surface area contributed by atoms with Crippen LogP contribution in [0, 0.1) is 17.8 Å². The van der Waals surface area contributed by atoms with Crippen LogP contribution >= 0.6 is 0 Å². The van der Waals surface area contributed by atoms with Crippen LogP contribution in [0.25, 0.3) is 16.6 Å². The maximum atomic E-state index is 15.5. The number of para-hydroxylation sites is 1. The average Bonchev–Trinajstić information content (AvgIpc) is 4.03. The van der Waals surface area contributed by atoms with Crippen molar-refractivity contribution in [1.82, 2.24) is 49.7 Å². The lowest BCUT2D eigenvalue weighted by Gasteiger charge is -2.38. The Kier molecular flexibility index (Phi) is 13.0. The number of aromatic nitrogens is 7. The number of ether oxygens (including phenoxy) is 2. The molecular weight excluding hydrogens is 870 g/mol. The summed E-state index contributed by atoms with van der Waals surface area (Å²) in [5.74, 6) is 5.50. The number of likely N-dealkylation sites (tertiary alicyclic amines) is 1. The fourth-order valence-electron chi connectivity index (χ4n) is 10.4. The normalized spacial score (nSPS) is 24.5. The lowest BCUT2D eigenvalue weighted by molar-refractivity contribution is -0.134. The Hall–Kier alpha value is -5.88. The minimum atomic E-state index is -2.90. The van der Waals surface area contributed by atoms with E-state index in [1.165, 1.54) is 16.9 Å². The molecule has 5 fully saturated rings. The minimum Gasteiger partial charge on any atom is -0.378 e. The molecule has 354 valence electrons. The van der Waals surface area contributed by atoms with Crippen molar-refractivity contribution in [2.75, 3.05) is 62.8 Å². The zero-order valence-corrected chi connectivity index (χ0v) is 37.4. The highest BCUT2D eigenvalue weighted by Gasteiger charge is 2.35. The van der Waals surface area contributed by atoms with Gasteiger partial charge in [-0.1, -0.05) is 24.0 Å². The van der Waals surface area contributed by atoms with E-state index in [1.807, 2.05) is 24.3 Å². The smallest absolute Gasteiger partial charge is 0.284 e. The zero-order chi connectivity index (χ0) is 46.2. The molecule has 5 aromatic rings. The molecule has 3 atom stereocenters. The van der Waals surface area contributed by atoms with Gasteiger partial charge in [-0.15, -0.1) is 0 Å². The zero-order valence-electron chi connectivity index (χ0n) is 37.4. The number of carbonyl (C=O) groups is 3. The number of hydrogen-bond donors (Lipinski definition) is 3. The van der Waals surface area contributed by atoms with E-state index in [2.05, 4.69) is 52.9 Å². The molecule has 3 N–H and O–H groups in total. The van der Waals surface area contributed by atoms with Crippen LogP contribution in [0.15, 0.2) is 42.9 Å². The number of nitrogens with one attached hydrogen (secondary N) is 3. The van der Waals surface area contributed by atoms with Crippen molar-refractivity contribution in [2.45, 2.75) is 101 Å². The summed E-state index contributed by atoms with van der Waals surface area (Å²) >= 11 is 0. The first-order chi connectivity index (χ1) is 32.5. The number of alkyl halides is 3. The summed E-state index contributed by atoms with van der Waals surface area (Å²) < 4.78 is 60.2. The first-order valence-electron chi connectivity index (χ1n) is 23.4. The van der Waals surface area contributed by atoms with E-state index in [-0.39, 0.29) is 48.7 Å². The minimum absolute atomic E-state index is 0.0412. The van der Waals surface area contributed by atoms with Crippen molar-refractivity contribution in [3.63, 3.8) is 0 Å². The molecule has 8 heterocycles. The third-order valence-corrected chi connectivity index (χ3v) is 14.1. The van der Waals surface area contributed by atoms with Crippen LogP contribution in [0.4, 0.5) is 24.7 Å². The Morgan fingerprint density at radius 1 is 1.01 bits per heavy atom. The van der Waals surface area contributed by atoms with Gasteiger partial charge in [0, 0.05) is 70.0 Å². The third kappa shape index (κ3) is 9.64. The molecular formula is C47H55F3N12O5. The van der Waals surface area contributed by atoms with Gasteiger partial charge in [-0.3, -0.25) is 34.0 Å². The molecule has 4 aromatic heterocycles. The molecule has 17 nitrogen and oxygen atoms in total. The molecule has 4 saturated heterocycles. The topological polar surface area (TPSA) is 178 Å². The van der Waals surface area contributed by atoms with E-state index in [4.69, 9.17) is 14.5 Å². The maximum Gasteiger partial charge on any atom is 0.284 e. The van der Waals surface area contributed by atoms with Crippen LogP contribution in [-0.2, 0) is 26.1 Å². The second kappa shape index (κ2) is 19.4. The second-order valence-electron chi connectivity index (χ2n) is 18.5. The SMILES string of the molecule is Cn1nc(C2CCC(=O)NC2=O)c2cccc(C#CCO[C@@H]3CCN(CC4CCC(n5cc(NC(=O)c6cnn7ccc(N8CCC(NC9COC9)CC8)nc67)c(C(F)F)n5)CC4)C[C@@H]3F)c21. The number of carbonyl (C=O) groups excluding carboxylic acids is 3. The van der Waals surface area contributed by atoms with Crippen molar-refractivity contribution in [2.24, 2.45) is 13.0 Å². The summed E-state index contributed by atoms with van der Waals surface area (Å²) in [6.07, 6.45) is 6.22. The molecule has 0 spiro atoms. The fourth-order valence-corrected chi connectivity index (χ4v) is 10.4. The highest BCUT2D eigenvalue weighted by atomic mass is 19.3. The molecule has 1 saturated carbocycles. The van der Waals surface area contributed by atoms with Crippen LogP contribution in [0.5, 0.6) is 0 Å². The lowest BCUT2D eigenvalue weighted by atomic mass is 9.85. The van der Waals surface area contributed by atoms with Crippen LogP contribution in [-0.4, -0.2) is 134 Å². The van der Waals surface area contributed by atoms with E-state index in [0.717, 1.165) is 75.3 Å². The fraction of sp³-hybridized carbons (Fsp3) is 0.553. The predicted molar refractivity (Wildman–Crippen MR) is 241 cm³/mol. The van der Waals surface area contributed by atoms with Crippen molar-refractivity contribution >= 4 is 45.8 Å². The molecule has 1 aromatic carbocycles. The molecule has 1 aliphatic carbocycles. The van der Waals surface area contributed by atoms with E-state index in [9.17, 15) is 23.2 Å². The van der Waals surface area contributed by atoms with Crippen LogP contribution in [0.3, 0.4) is 0 Å². The Morgan fingerprint density at radius 3 is 2.58 bits per heavy atom. The molecule has 0 bridgehead atoms. The Morgan fingerprint density at radius 2 is 1.84 bits per heavy atom. The maximum absolute atomic E-state index is 15.5. The molecule has 20 heteroatoms. The van der Waals surface area contributed by atoms with Gasteiger partial charge in [0.25, 0.3) is 12.3 Å². The highest BCUT2D eigenvalue weighted by molar-refractivity contribution is 6.08. The molecule has 1 unspecified atom stereocenters. The predicted octanol–water partition coefficient (Wildman–Crippen LogP) is 4.69. The number of hydrogen-bond acceptors (Lipinski definition) is 12. The van der Waals surface area contributed by atoms with Gasteiger partial charge in [-0.2, -0.15) is 15.3 Å². The summed E-state index contributed by atoms with van der Waals surface area (Å²) in [5, 5.41) is 22.7. The summed E-state index contributed by atoms with van der Waals surface area (Å²) in [6, 6.07) is 8.21. The van der Waals surface area contributed by atoms with Crippen molar-refractivity contribution in [1.29, 1.82) is 0 Å². The second-order valence-corrected chi connectivity index (χ2v) is 18.5. The van der Waals surface area contributed by atoms with Crippen LogP contribution < -0.4 is 20.9 Å². The standard InChI is InChI=1S/C47H55F3N12O5/c1-58-43-29(4-2-6-33(43)41(56-58)34-11-12-40(63)55-46(34)64)5-3-21-67-38-15-17-59(24-36(38)48)23-28-7-9-32(10-8-28)62-25-37(42(57-62)44(49)50)53-47(65)35-22-51-61-20-16-39(54-45(35)61)60-18-13-30(14-19-60)52-31-26-66-27-31/h2,4,6,16,20,22,25,28,30-32,34,36,38,44,52H,7-15,17-19,21,23-24,26-27H2,1H3,(H,53,65)(H,55,63,64)/t28?,32?,34?,36-,38+/m0/s1. The van der Waals surface area contributed by atoms with Gasteiger partial charge in [-0.05, 0) is 69.4 Å². The molecule has 4 aliphatic heterocycles. The van der Waals surface area contributed by atoms with Gasteiger partial charge in [0.05, 0.1) is 66.0 Å². The Balaban J connectivity index is 0.695.